The summed E-state index contributed by atoms with van der Waals surface area (Å²) in [5, 5.41) is 3.44. The largest absolute Gasteiger partial charge is 0.468 e. The Morgan fingerprint density at radius 3 is 3.00 bits per heavy atom. The molecule has 1 saturated heterocycles. The van der Waals surface area contributed by atoms with Crippen LogP contribution in [0.4, 0.5) is 0 Å². The van der Waals surface area contributed by atoms with Crippen molar-refractivity contribution in [3.63, 3.8) is 0 Å². The first-order valence-electron chi connectivity index (χ1n) is 4.73. The van der Waals surface area contributed by atoms with Crippen LogP contribution >= 0.6 is 0 Å². The second kappa shape index (κ2) is 3.51. The Morgan fingerprint density at radius 2 is 2.43 bits per heavy atom. The van der Waals surface area contributed by atoms with Crippen molar-refractivity contribution in [2.45, 2.75) is 25.4 Å². The van der Waals surface area contributed by atoms with Crippen LogP contribution < -0.4 is 5.32 Å². The molecule has 1 fully saturated rings. The van der Waals surface area contributed by atoms with Crippen LogP contribution in [0.1, 0.15) is 25.6 Å². The van der Waals surface area contributed by atoms with E-state index in [1.165, 1.54) is 0 Å². The summed E-state index contributed by atoms with van der Waals surface area (Å²) in [6.45, 7) is 4.14. The lowest BCUT2D eigenvalue weighted by Crippen LogP contribution is -2.52. The molecule has 78 valence electrons. The third-order valence-corrected chi connectivity index (χ3v) is 4.07. The van der Waals surface area contributed by atoms with Crippen molar-refractivity contribution < 1.29 is 8.63 Å². The van der Waals surface area contributed by atoms with Gasteiger partial charge in [0, 0.05) is 27.8 Å². The minimum atomic E-state index is -0.747. The van der Waals surface area contributed by atoms with Gasteiger partial charge in [-0.25, -0.2) is 0 Å². The fourth-order valence-electron chi connectivity index (χ4n) is 1.85. The molecule has 0 spiro atoms. The van der Waals surface area contributed by atoms with Crippen molar-refractivity contribution in [2.75, 3.05) is 11.5 Å². The van der Waals surface area contributed by atoms with E-state index in [2.05, 4.69) is 19.2 Å². The molecule has 2 unspecified atom stereocenters. The van der Waals surface area contributed by atoms with Crippen molar-refractivity contribution in [1.29, 1.82) is 0 Å². The Bertz CT molecular complexity index is 332. The van der Waals surface area contributed by atoms with Gasteiger partial charge in [0.2, 0.25) is 0 Å². The molecule has 1 aromatic rings. The molecule has 0 saturated carbocycles. The van der Waals surface area contributed by atoms with Gasteiger partial charge in [0.1, 0.15) is 5.76 Å². The molecule has 3 nitrogen and oxygen atoms in total. The first-order chi connectivity index (χ1) is 6.57. The van der Waals surface area contributed by atoms with Gasteiger partial charge >= 0.3 is 0 Å². The lowest BCUT2D eigenvalue weighted by Gasteiger charge is -2.35. The van der Waals surface area contributed by atoms with Crippen molar-refractivity contribution in [3.8, 4) is 0 Å². The molecular formula is C10H15NO2S. The molecule has 4 heteroatoms. The number of rotatable bonds is 1. The summed E-state index contributed by atoms with van der Waals surface area (Å²) in [5.74, 6) is 2.24. The minimum absolute atomic E-state index is 0.0689. The van der Waals surface area contributed by atoms with E-state index >= 15 is 0 Å². The average Bonchev–Trinajstić information content (AvgIpc) is 2.51. The predicted octanol–water partition coefficient (Wildman–Crippen LogP) is 1.45. The molecule has 0 radical (unpaired) electrons. The zero-order valence-electron chi connectivity index (χ0n) is 8.45. The van der Waals surface area contributed by atoms with E-state index in [4.69, 9.17) is 4.42 Å². The molecule has 0 amide bonds. The van der Waals surface area contributed by atoms with Gasteiger partial charge in [-0.2, -0.15) is 0 Å². The smallest absolute Gasteiger partial charge is 0.121 e. The molecule has 0 aliphatic carbocycles. The third-order valence-electron chi connectivity index (χ3n) is 2.33. The van der Waals surface area contributed by atoms with E-state index < -0.39 is 10.8 Å². The Morgan fingerprint density at radius 1 is 1.64 bits per heavy atom. The van der Waals surface area contributed by atoms with Crippen LogP contribution in [0.15, 0.2) is 22.8 Å². The molecule has 2 atom stereocenters. The van der Waals surface area contributed by atoms with Crippen LogP contribution in [0.3, 0.4) is 0 Å². The molecule has 1 aromatic heterocycles. The van der Waals surface area contributed by atoms with Gasteiger partial charge in [-0.15, -0.1) is 0 Å². The Hall–Kier alpha value is -0.610. The summed E-state index contributed by atoms with van der Waals surface area (Å²) in [4.78, 5) is 0. The van der Waals surface area contributed by atoms with Crippen LogP contribution in [0.25, 0.3) is 0 Å². The van der Waals surface area contributed by atoms with Gasteiger partial charge in [-0.3, -0.25) is 4.21 Å². The van der Waals surface area contributed by atoms with Gasteiger partial charge < -0.3 is 9.73 Å². The van der Waals surface area contributed by atoms with E-state index in [0.717, 1.165) is 5.76 Å². The Balaban J connectivity index is 2.18. The van der Waals surface area contributed by atoms with E-state index in [9.17, 15) is 4.21 Å². The zero-order chi connectivity index (χ0) is 10.2. The summed E-state index contributed by atoms with van der Waals surface area (Å²) in [6, 6.07) is 3.88. The van der Waals surface area contributed by atoms with Crippen LogP contribution in [-0.2, 0) is 10.8 Å². The van der Waals surface area contributed by atoms with Gasteiger partial charge in [0.05, 0.1) is 12.3 Å². The maximum Gasteiger partial charge on any atom is 0.121 e. The highest BCUT2D eigenvalue weighted by atomic mass is 32.2. The molecular weight excluding hydrogens is 198 g/mol. The summed E-state index contributed by atoms with van der Waals surface area (Å²) in [6.07, 6.45) is 1.65. The van der Waals surface area contributed by atoms with Gasteiger partial charge in [-0.1, -0.05) is 0 Å². The summed E-state index contributed by atoms with van der Waals surface area (Å²) in [5.41, 5.74) is -0.0689. The van der Waals surface area contributed by atoms with Crippen LogP contribution in [0.2, 0.25) is 0 Å². The second-order valence-corrected chi connectivity index (χ2v) is 5.85. The molecule has 2 rings (SSSR count). The lowest BCUT2D eigenvalue weighted by molar-refractivity contribution is 0.331. The van der Waals surface area contributed by atoms with Crippen molar-refractivity contribution >= 4 is 10.8 Å². The fourth-order valence-corrected chi connectivity index (χ4v) is 3.47. The third kappa shape index (κ3) is 2.07. The zero-order valence-corrected chi connectivity index (χ0v) is 9.26. The summed E-state index contributed by atoms with van der Waals surface area (Å²) in [7, 11) is -0.747. The monoisotopic (exact) mass is 213 g/mol. The quantitative estimate of drug-likeness (QED) is 0.767. The van der Waals surface area contributed by atoms with Gasteiger partial charge in [0.25, 0.3) is 0 Å². The van der Waals surface area contributed by atoms with Crippen LogP contribution in [-0.4, -0.2) is 21.3 Å². The van der Waals surface area contributed by atoms with Gasteiger partial charge in [-0.05, 0) is 26.0 Å². The fraction of sp³-hybridized carbons (Fsp3) is 0.600. The lowest BCUT2D eigenvalue weighted by atomic mass is 10.1. The summed E-state index contributed by atoms with van der Waals surface area (Å²) < 4.78 is 16.9. The van der Waals surface area contributed by atoms with Crippen molar-refractivity contribution in [1.82, 2.24) is 5.32 Å². The first-order valence-corrected chi connectivity index (χ1v) is 6.22. The maximum absolute atomic E-state index is 11.6. The predicted molar refractivity (Wildman–Crippen MR) is 56.5 cm³/mol. The number of nitrogens with one attached hydrogen (secondary N) is 1. The molecule has 2 heterocycles. The Labute approximate surface area is 86.3 Å². The van der Waals surface area contributed by atoms with Crippen LogP contribution in [0.5, 0.6) is 0 Å². The molecule has 14 heavy (non-hydrogen) atoms. The summed E-state index contributed by atoms with van der Waals surface area (Å²) >= 11 is 0. The van der Waals surface area contributed by atoms with E-state index in [1.807, 2.05) is 12.1 Å². The highest BCUT2D eigenvalue weighted by Crippen LogP contribution is 2.24. The SMILES string of the molecule is CC1(C)CS(=O)CC(c2ccco2)N1. The van der Waals surface area contributed by atoms with Crippen LogP contribution in [0, 0.1) is 0 Å². The number of hydrogen-bond acceptors (Lipinski definition) is 3. The van der Waals surface area contributed by atoms with Crippen molar-refractivity contribution in [3.05, 3.63) is 24.2 Å². The van der Waals surface area contributed by atoms with E-state index in [-0.39, 0.29) is 11.6 Å². The molecule has 1 aliphatic rings. The average molecular weight is 213 g/mol. The highest BCUT2D eigenvalue weighted by Gasteiger charge is 2.33. The molecule has 1 aliphatic heterocycles. The molecule has 1 N–H and O–H groups in total. The minimum Gasteiger partial charge on any atom is -0.468 e. The maximum atomic E-state index is 11.6. The van der Waals surface area contributed by atoms with Crippen molar-refractivity contribution in [2.24, 2.45) is 0 Å². The molecule has 0 bridgehead atoms. The van der Waals surface area contributed by atoms with E-state index in [1.54, 1.807) is 6.26 Å². The number of hydrogen-bond donors (Lipinski definition) is 1. The first kappa shape index (κ1) is 9.93. The normalized spacial score (nSPS) is 31.6. The topological polar surface area (TPSA) is 42.2 Å². The second-order valence-electron chi connectivity index (χ2n) is 4.35. The number of furan rings is 1. The molecule has 0 aromatic carbocycles. The van der Waals surface area contributed by atoms with E-state index in [0.29, 0.717) is 11.5 Å². The highest BCUT2D eigenvalue weighted by molar-refractivity contribution is 7.85. The Kier molecular flexibility index (Phi) is 2.49. The standard InChI is InChI=1S/C10H15NO2S/c1-10(2)7-14(12)6-8(11-10)9-4-3-5-13-9/h3-5,8,11H,6-7H2,1-2H3. The van der Waals surface area contributed by atoms with Gasteiger partial charge in [0.15, 0.2) is 0 Å².